The number of hydrogen-bond donors (Lipinski definition) is 3. The van der Waals surface area contributed by atoms with Crippen LogP contribution in [0.5, 0.6) is 5.75 Å². The number of aromatic nitrogens is 2. The van der Waals surface area contributed by atoms with Gasteiger partial charge in [0.25, 0.3) is 5.91 Å². The molecule has 1 aromatic heterocycles. The first kappa shape index (κ1) is 15.2. The Morgan fingerprint density at radius 1 is 1.33 bits per heavy atom. The summed E-state index contributed by atoms with van der Waals surface area (Å²) in [6, 6.07) is 6.36. The van der Waals surface area contributed by atoms with Crippen LogP contribution in [0.25, 0.3) is 0 Å². The third kappa shape index (κ3) is 2.78. The van der Waals surface area contributed by atoms with Crippen molar-refractivity contribution in [3.05, 3.63) is 46.3 Å². The molecular formula is C18H22N4O2. The molecule has 0 fully saturated rings. The van der Waals surface area contributed by atoms with Crippen molar-refractivity contribution >= 4 is 5.91 Å². The van der Waals surface area contributed by atoms with Gasteiger partial charge in [-0.25, -0.2) is 0 Å². The van der Waals surface area contributed by atoms with Crippen LogP contribution in [0.4, 0.5) is 0 Å². The molecule has 2 heterocycles. The summed E-state index contributed by atoms with van der Waals surface area (Å²) in [4.78, 5) is 12.6. The molecule has 4 rings (SSSR count). The Kier molecular flexibility index (Phi) is 3.98. The first-order valence-corrected chi connectivity index (χ1v) is 8.48. The normalized spacial score (nSPS) is 19.3. The van der Waals surface area contributed by atoms with Crippen LogP contribution in [0.15, 0.2) is 18.2 Å². The van der Waals surface area contributed by atoms with E-state index in [4.69, 9.17) is 4.74 Å². The molecule has 6 heteroatoms. The second kappa shape index (κ2) is 6.28. The standard InChI is InChI=1S/C18H22N4O2/c1-24-14-5-3-11-8-13(4-2-12(11)9-14)20-18(23)17-15-6-7-19-10-16(15)21-22-17/h3,5,9,13,19H,2,4,6-8,10H2,1H3,(H,20,23)(H,21,22). The van der Waals surface area contributed by atoms with Gasteiger partial charge in [-0.2, -0.15) is 5.10 Å². The second-order valence-electron chi connectivity index (χ2n) is 6.50. The first-order valence-electron chi connectivity index (χ1n) is 8.48. The van der Waals surface area contributed by atoms with Crippen molar-refractivity contribution in [2.75, 3.05) is 13.7 Å². The number of amides is 1. The largest absolute Gasteiger partial charge is 0.497 e. The summed E-state index contributed by atoms with van der Waals surface area (Å²) in [5.74, 6) is 0.863. The Hall–Kier alpha value is -2.34. The lowest BCUT2D eigenvalue weighted by molar-refractivity contribution is 0.0927. The average molecular weight is 326 g/mol. The molecule has 126 valence electrons. The van der Waals surface area contributed by atoms with E-state index in [9.17, 15) is 4.79 Å². The third-order valence-electron chi connectivity index (χ3n) is 5.00. The number of benzene rings is 1. The van der Waals surface area contributed by atoms with E-state index in [1.807, 2.05) is 6.07 Å². The summed E-state index contributed by atoms with van der Waals surface area (Å²) in [6.45, 7) is 1.63. The Labute approximate surface area is 141 Å². The SMILES string of the molecule is COc1ccc2c(c1)CCC(NC(=O)c1[nH]nc3c1CCNC3)C2. The maximum Gasteiger partial charge on any atom is 0.269 e. The zero-order valence-corrected chi connectivity index (χ0v) is 13.8. The lowest BCUT2D eigenvalue weighted by atomic mass is 9.88. The Morgan fingerprint density at radius 2 is 2.25 bits per heavy atom. The van der Waals surface area contributed by atoms with Crippen molar-refractivity contribution < 1.29 is 9.53 Å². The van der Waals surface area contributed by atoms with E-state index >= 15 is 0 Å². The van der Waals surface area contributed by atoms with Crippen LogP contribution in [0.1, 0.15) is 39.3 Å². The fourth-order valence-electron chi connectivity index (χ4n) is 3.67. The third-order valence-corrected chi connectivity index (χ3v) is 5.00. The molecule has 2 aliphatic rings. The molecular weight excluding hydrogens is 304 g/mol. The van der Waals surface area contributed by atoms with Gasteiger partial charge in [-0.05, 0) is 55.5 Å². The van der Waals surface area contributed by atoms with Crippen LogP contribution < -0.4 is 15.4 Å². The molecule has 0 bridgehead atoms. The van der Waals surface area contributed by atoms with Gasteiger partial charge >= 0.3 is 0 Å². The van der Waals surface area contributed by atoms with Crippen molar-refractivity contribution in [2.24, 2.45) is 0 Å². The summed E-state index contributed by atoms with van der Waals surface area (Å²) in [6.07, 6.45) is 3.62. The molecule has 2 aromatic rings. The van der Waals surface area contributed by atoms with Crippen LogP contribution in [0.3, 0.4) is 0 Å². The molecule has 3 N–H and O–H groups in total. The van der Waals surface area contributed by atoms with E-state index in [1.165, 1.54) is 11.1 Å². The highest BCUT2D eigenvalue weighted by molar-refractivity contribution is 5.94. The van der Waals surface area contributed by atoms with Gasteiger partial charge in [-0.1, -0.05) is 6.07 Å². The van der Waals surface area contributed by atoms with Gasteiger partial charge in [0.1, 0.15) is 11.4 Å². The van der Waals surface area contributed by atoms with Gasteiger partial charge < -0.3 is 15.4 Å². The predicted molar refractivity (Wildman–Crippen MR) is 90.3 cm³/mol. The zero-order chi connectivity index (χ0) is 16.5. The number of aryl methyl sites for hydroxylation is 1. The molecule has 1 aliphatic carbocycles. The number of fused-ring (bicyclic) bond motifs is 2. The summed E-state index contributed by atoms with van der Waals surface area (Å²) >= 11 is 0. The Bertz CT molecular complexity index is 768. The van der Waals surface area contributed by atoms with Crippen molar-refractivity contribution in [3.63, 3.8) is 0 Å². The number of nitrogens with zero attached hydrogens (tertiary/aromatic N) is 1. The van der Waals surface area contributed by atoms with Crippen LogP contribution in [-0.4, -0.2) is 35.8 Å². The zero-order valence-electron chi connectivity index (χ0n) is 13.8. The molecule has 1 amide bonds. The first-order chi connectivity index (χ1) is 11.7. The van der Waals surface area contributed by atoms with Gasteiger partial charge in [0.05, 0.1) is 12.8 Å². The minimum absolute atomic E-state index is 0.0346. The monoisotopic (exact) mass is 326 g/mol. The summed E-state index contributed by atoms with van der Waals surface area (Å²) in [5, 5.41) is 13.6. The second-order valence-corrected chi connectivity index (χ2v) is 6.50. The highest BCUT2D eigenvalue weighted by Crippen LogP contribution is 2.26. The van der Waals surface area contributed by atoms with Crippen LogP contribution in [0, 0.1) is 0 Å². The van der Waals surface area contributed by atoms with Gasteiger partial charge in [0.2, 0.25) is 0 Å². The highest BCUT2D eigenvalue weighted by atomic mass is 16.5. The molecule has 1 aromatic carbocycles. The number of hydrogen-bond acceptors (Lipinski definition) is 4. The summed E-state index contributed by atoms with van der Waals surface area (Å²) < 4.78 is 5.29. The van der Waals surface area contributed by atoms with E-state index in [0.717, 1.165) is 55.8 Å². The van der Waals surface area contributed by atoms with Crippen molar-refractivity contribution in [1.29, 1.82) is 0 Å². The smallest absolute Gasteiger partial charge is 0.269 e. The van der Waals surface area contributed by atoms with Crippen molar-refractivity contribution in [1.82, 2.24) is 20.8 Å². The van der Waals surface area contributed by atoms with Gasteiger partial charge in [-0.15, -0.1) is 0 Å². The molecule has 0 spiro atoms. The molecule has 1 aliphatic heterocycles. The molecule has 0 saturated heterocycles. The minimum atomic E-state index is -0.0346. The number of H-pyrrole nitrogens is 1. The number of rotatable bonds is 3. The van der Waals surface area contributed by atoms with Gasteiger partial charge in [0, 0.05) is 18.2 Å². The summed E-state index contributed by atoms with van der Waals surface area (Å²) in [5.41, 5.74) is 5.28. The quantitative estimate of drug-likeness (QED) is 0.795. The van der Waals surface area contributed by atoms with E-state index in [0.29, 0.717) is 5.69 Å². The highest BCUT2D eigenvalue weighted by Gasteiger charge is 2.25. The van der Waals surface area contributed by atoms with Crippen molar-refractivity contribution in [2.45, 2.75) is 38.3 Å². The van der Waals surface area contributed by atoms with Gasteiger partial charge in [-0.3, -0.25) is 9.89 Å². The van der Waals surface area contributed by atoms with E-state index in [1.54, 1.807) is 7.11 Å². The topological polar surface area (TPSA) is 79.0 Å². The average Bonchev–Trinajstić information content (AvgIpc) is 3.05. The number of aromatic amines is 1. The van der Waals surface area contributed by atoms with E-state index in [-0.39, 0.29) is 11.9 Å². The van der Waals surface area contributed by atoms with Gasteiger partial charge in [0.15, 0.2) is 0 Å². The molecule has 0 saturated carbocycles. The number of nitrogens with one attached hydrogen (secondary N) is 3. The van der Waals surface area contributed by atoms with Crippen LogP contribution in [0.2, 0.25) is 0 Å². The molecule has 0 radical (unpaired) electrons. The van der Waals surface area contributed by atoms with E-state index < -0.39 is 0 Å². The number of ether oxygens (including phenoxy) is 1. The van der Waals surface area contributed by atoms with E-state index in [2.05, 4.69) is 33.0 Å². The molecule has 1 atom stereocenters. The lowest BCUT2D eigenvalue weighted by Gasteiger charge is -2.26. The number of carbonyl (C=O) groups excluding carboxylic acids is 1. The maximum absolute atomic E-state index is 12.6. The summed E-state index contributed by atoms with van der Waals surface area (Å²) in [7, 11) is 1.69. The fraction of sp³-hybridized carbons (Fsp3) is 0.444. The lowest BCUT2D eigenvalue weighted by Crippen LogP contribution is -2.39. The Balaban J connectivity index is 1.46. The Morgan fingerprint density at radius 3 is 3.12 bits per heavy atom. The minimum Gasteiger partial charge on any atom is -0.497 e. The molecule has 24 heavy (non-hydrogen) atoms. The van der Waals surface area contributed by atoms with Crippen LogP contribution >= 0.6 is 0 Å². The van der Waals surface area contributed by atoms with Crippen molar-refractivity contribution in [3.8, 4) is 5.75 Å². The predicted octanol–water partition coefficient (Wildman–Crippen LogP) is 1.35. The molecule has 1 unspecified atom stereocenters. The molecule has 6 nitrogen and oxygen atoms in total. The number of methoxy groups -OCH3 is 1. The number of carbonyl (C=O) groups is 1. The maximum atomic E-state index is 12.6. The van der Waals surface area contributed by atoms with Crippen LogP contribution in [-0.2, 0) is 25.8 Å². The fourth-order valence-corrected chi connectivity index (χ4v) is 3.67.